The second kappa shape index (κ2) is 5.65. The molecule has 0 saturated heterocycles. The minimum absolute atomic E-state index is 0.172. The van der Waals surface area contributed by atoms with Crippen LogP contribution in [0.15, 0.2) is 6.20 Å². The second-order valence-corrected chi connectivity index (χ2v) is 5.93. The van der Waals surface area contributed by atoms with Gasteiger partial charge < -0.3 is 10.4 Å². The highest BCUT2D eigenvalue weighted by Gasteiger charge is 2.16. The van der Waals surface area contributed by atoms with E-state index in [9.17, 15) is 5.11 Å². The summed E-state index contributed by atoms with van der Waals surface area (Å²) in [5.41, 5.74) is 2.53. The molecular formula is C13H25N3O. The summed E-state index contributed by atoms with van der Waals surface area (Å²) in [5.74, 6) is 0. The molecule has 0 amide bonds. The predicted molar refractivity (Wildman–Crippen MR) is 69.7 cm³/mol. The van der Waals surface area contributed by atoms with Gasteiger partial charge in [-0.15, -0.1) is 0 Å². The van der Waals surface area contributed by atoms with Gasteiger partial charge in [0.2, 0.25) is 0 Å². The first kappa shape index (κ1) is 14.2. The Kier molecular flexibility index (Phi) is 4.71. The van der Waals surface area contributed by atoms with Crippen molar-refractivity contribution < 1.29 is 5.11 Å². The van der Waals surface area contributed by atoms with Crippen LogP contribution in [-0.2, 0) is 13.6 Å². The van der Waals surface area contributed by atoms with Gasteiger partial charge >= 0.3 is 0 Å². The molecule has 0 aliphatic rings. The molecule has 1 rings (SSSR count). The Morgan fingerprint density at radius 3 is 2.59 bits per heavy atom. The Labute approximate surface area is 104 Å². The van der Waals surface area contributed by atoms with Crippen LogP contribution in [0.5, 0.6) is 0 Å². The lowest BCUT2D eigenvalue weighted by Crippen LogP contribution is -2.29. The third kappa shape index (κ3) is 4.88. The van der Waals surface area contributed by atoms with Crippen molar-refractivity contribution in [3.8, 4) is 0 Å². The molecule has 2 N–H and O–H groups in total. The summed E-state index contributed by atoms with van der Waals surface area (Å²) in [5, 5.41) is 17.3. The molecule has 0 saturated carbocycles. The molecule has 0 aliphatic carbocycles. The number of hydrogen-bond donors (Lipinski definition) is 2. The third-order valence-corrected chi connectivity index (χ3v) is 2.88. The zero-order chi connectivity index (χ0) is 13.1. The summed E-state index contributed by atoms with van der Waals surface area (Å²) >= 11 is 0. The van der Waals surface area contributed by atoms with Gasteiger partial charge in [0, 0.05) is 31.4 Å². The van der Waals surface area contributed by atoms with Crippen molar-refractivity contribution in [1.82, 2.24) is 15.1 Å². The van der Waals surface area contributed by atoms with E-state index in [1.165, 1.54) is 11.3 Å². The van der Waals surface area contributed by atoms with Gasteiger partial charge in [0.15, 0.2) is 0 Å². The van der Waals surface area contributed by atoms with Crippen LogP contribution in [-0.4, -0.2) is 27.5 Å². The Balaban J connectivity index is 2.31. The van der Waals surface area contributed by atoms with Gasteiger partial charge in [-0.25, -0.2) is 0 Å². The van der Waals surface area contributed by atoms with Crippen LogP contribution in [0.4, 0.5) is 0 Å². The van der Waals surface area contributed by atoms with E-state index in [1.807, 2.05) is 17.9 Å². The molecular weight excluding hydrogens is 214 g/mol. The molecule has 1 atom stereocenters. The zero-order valence-electron chi connectivity index (χ0n) is 11.6. The molecule has 0 bridgehead atoms. The van der Waals surface area contributed by atoms with Gasteiger partial charge in [0.1, 0.15) is 0 Å². The number of rotatable bonds is 5. The minimum atomic E-state index is -0.285. The summed E-state index contributed by atoms with van der Waals surface area (Å²) < 4.78 is 1.86. The molecule has 0 spiro atoms. The Morgan fingerprint density at radius 2 is 2.12 bits per heavy atom. The summed E-state index contributed by atoms with van der Waals surface area (Å²) in [6.45, 7) is 9.87. The molecule has 0 aliphatic heterocycles. The standard InChI is InChI=1S/C13H25N3O/c1-10-11(8-15-16(10)5)7-14-9-12(17)6-13(2,3)4/h8,12,14,17H,6-7,9H2,1-5H3. The van der Waals surface area contributed by atoms with Crippen molar-refractivity contribution in [1.29, 1.82) is 0 Å². The lowest BCUT2D eigenvalue weighted by atomic mass is 9.89. The minimum Gasteiger partial charge on any atom is -0.392 e. The van der Waals surface area contributed by atoms with E-state index < -0.39 is 0 Å². The first-order valence-electron chi connectivity index (χ1n) is 6.16. The lowest BCUT2D eigenvalue weighted by molar-refractivity contribution is 0.119. The van der Waals surface area contributed by atoms with Gasteiger partial charge in [0.25, 0.3) is 0 Å². The van der Waals surface area contributed by atoms with Crippen LogP contribution in [0.25, 0.3) is 0 Å². The topological polar surface area (TPSA) is 50.1 Å². The fraction of sp³-hybridized carbons (Fsp3) is 0.769. The predicted octanol–water partition coefficient (Wildman–Crippen LogP) is 1.62. The maximum atomic E-state index is 9.85. The van der Waals surface area contributed by atoms with Crippen molar-refractivity contribution in [2.24, 2.45) is 12.5 Å². The van der Waals surface area contributed by atoms with Crippen molar-refractivity contribution in [3.05, 3.63) is 17.5 Å². The van der Waals surface area contributed by atoms with Crippen LogP contribution in [0.2, 0.25) is 0 Å². The van der Waals surface area contributed by atoms with Gasteiger partial charge in [-0.3, -0.25) is 4.68 Å². The van der Waals surface area contributed by atoms with Gasteiger partial charge in [-0.1, -0.05) is 20.8 Å². The average molecular weight is 239 g/mol. The number of aliphatic hydroxyl groups excluding tert-OH is 1. The fourth-order valence-electron chi connectivity index (χ4n) is 1.87. The van der Waals surface area contributed by atoms with E-state index in [0.29, 0.717) is 6.54 Å². The number of hydrogen-bond acceptors (Lipinski definition) is 3. The normalized spacial score (nSPS) is 14.0. The molecule has 0 radical (unpaired) electrons. The van der Waals surface area contributed by atoms with Gasteiger partial charge in [-0.05, 0) is 18.8 Å². The Bertz CT molecular complexity index is 352. The van der Waals surface area contributed by atoms with Gasteiger partial charge in [-0.2, -0.15) is 5.10 Å². The summed E-state index contributed by atoms with van der Waals surface area (Å²) in [7, 11) is 1.94. The van der Waals surface area contributed by atoms with E-state index in [1.54, 1.807) is 0 Å². The molecule has 1 aromatic heterocycles. The smallest absolute Gasteiger partial charge is 0.0669 e. The molecule has 1 aromatic rings. The van der Waals surface area contributed by atoms with E-state index in [-0.39, 0.29) is 11.5 Å². The van der Waals surface area contributed by atoms with Crippen LogP contribution in [0.3, 0.4) is 0 Å². The molecule has 4 heteroatoms. The van der Waals surface area contributed by atoms with Crippen LogP contribution in [0, 0.1) is 12.3 Å². The highest BCUT2D eigenvalue weighted by atomic mass is 16.3. The number of nitrogens with zero attached hydrogens (tertiary/aromatic N) is 2. The van der Waals surface area contributed by atoms with Crippen molar-refractivity contribution in [2.45, 2.75) is 46.8 Å². The number of aliphatic hydroxyl groups is 1. The summed E-state index contributed by atoms with van der Waals surface area (Å²) in [6.07, 6.45) is 2.40. The van der Waals surface area contributed by atoms with E-state index in [2.05, 4.69) is 38.1 Å². The lowest BCUT2D eigenvalue weighted by Gasteiger charge is -2.22. The maximum Gasteiger partial charge on any atom is 0.0669 e. The van der Waals surface area contributed by atoms with E-state index in [4.69, 9.17) is 0 Å². The van der Waals surface area contributed by atoms with E-state index >= 15 is 0 Å². The molecule has 1 heterocycles. The monoisotopic (exact) mass is 239 g/mol. The van der Waals surface area contributed by atoms with Crippen LogP contribution >= 0.6 is 0 Å². The first-order chi connectivity index (χ1) is 7.79. The number of aryl methyl sites for hydroxylation is 1. The molecule has 4 nitrogen and oxygen atoms in total. The third-order valence-electron chi connectivity index (χ3n) is 2.88. The largest absolute Gasteiger partial charge is 0.392 e. The average Bonchev–Trinajstić information content (AvgIpc) is 2.46. The van der Waals surface area contributed by atoms with Crippen LogP contribution < -0.4 is 5.32 Å². The molecule has 1 unspecified atom stereocenters. The second-order valence-electron chi connectivity index (χ2n) is 5.93. The fourth-order valence-corrected chi connectivity index (χ4v) is 1.87. The Morgan fingerprint density at radius 1 is 1.47 bits per heavy atom. The van der Waals surface area contributed by atoms with Crippen molar-refractivity contribution in [2.75, 3.05) is 6.54 Å². The van der Waals surface area contributed by atoms with Crippen molar-refractivity contribution in [3.63, 3.8) is 0 Å². The molecule has 98 valence electrons. The quantitative estimate of drug-likeness (QED) is 0.821. The molecule has 0 aromatic carbocycles. The van der Waals surface area contributed by atoms with Gasteiger partial charge in [0.05, 0.1) is 12.3 Å². The van der Waals surface area contributed by atoms with Crippen molar-refractivity contribution >= 4 is 0 Å². The molecule has 0 fully saturated rings. The summed E-state index contributed by atoms with van der Waals surface area (Å²) in [4.78, 5) is 0. The first-order valence-corrected chi connectivity index (χ1v) is 6.16. The summed E-state index contributed by atoms with van der Waals surface area (Å²) in [6, 6.07) is 0. The SMILES string of the molecule is Cc1c(CNCC(O)CC(C)(C)C)cnn1C. The van der Waals surface area contributed by atoms with E-state index in [0.717, 1.165) is 13.0 Å². The zero-order valence-corrected chi connectivity index (χ0v) is 11.6. The van der Waals surface area contributed by atoms with Crippen LogP contribution in [0.1, 0.15) is 38.4 Å². The maximum absolute atomic E-state index is 9.85. The highest BCUT2D eigenvalue weighted by Crippen LogP contribution is 2.20. The number of aromatic nitrogens is 2. The Hall–Kier alpha value is -0.870. The number of nitrogens with one attached hydrogen (secondary N) is 1. The molecule has 17 heavy (non-hydrogen) atoms. The highest BCUT2D eigenvalue weighted by molar-refractivity contribution is 5.15.